The molecule has 0 amide bonds. The van der Waals surface area contributed by atoms with Gasteiger partial charge in [0.05, 0.1) is 0 Å². The van der Waals surface area contributed by atoms with Gasteiger partial charge in [0.25, 0.3) is 0 Å². The van der Waals surface area contributed by atoms with Gasteiger partial charge in [0.15, 0.2) is 11.5 Å². The smallest absolute Gasteiger partial charge is 0.160 e. The van der Waals surface area contributed by atoms with E-state index in [4.69, 9.17) is 11.6 Å². The third-order valence-electron chi connectivity index (χ3n) is 5.35. The van der Waals surface area contributed by atoms with Crippen LogP contribution in [0.1, 0.15) is 34.9 Å². The Bertz CT molecular complexity index is 750. The number of phenols is 2. The molecule has 1 aromatic heterocycles. The van der Waals surface area contributed by atoms with Gasteiger partial charge >= 0.3 is 0 Å². The standard InChI is InChI=1S/C18H19ClN2O2/c19-17-7-10(3-6-21-17)13-8-14-11(1-2-16(22)18(14)23)15-9-20-5-4-12(13)15/h1-3,6-7,12-13,15,20,22-23H,4-5,8-9H2. The lowest BCUT2D eigenvalue weighted by atomic mass is 9.64. The van der Waals surface area contributed by atoms with Crippen LogP contribution in [-0.4, -0.2) is 28.3 Å². The quantitative estimate of drug-likeness (QED) is 0.555. The summed E-state index contributed by atoms with van der Waals surface area (Å²) in [5.41, 5.74) is 3.19. The summed E-state index contributed by atoms with van der Waals surface area (Å²) in [4.78, 5) is 4.08. The molecule has 1 fully saturated rings. The predicted molar refractivity (Wildman–Crippen MR) is 89.2 cm³/mol. The van der Waals surface area contributed by atoms with Crippen LogP contribution in [0.4, 0.5) is 0 Å². The molecule has 2 aromatic rings. The fourth-order valence-electron chi connectivity index (χ4n) is 4.29. The Morgan fingerprint density at radius 3 is 2.87 bits per heavy atom. The van der Waals surface area contributed by atoms with E-state index in [0.717, 1.165) is 42.6 Å². The number of aromatic nitrogens is 1. The van der Waals surface area contributed by atoms with Crippen molar-refractivity contribution in [2.24, 2.45) is 5.92 Å². The van der Waals surface area contributed by atoms with Gasteiger partial charge in [-0.1, -0.05) is 17.7 Å². The minimum atomic E-state index is -0.0440. The van der Waals surface area contributed by atoms with E-state index < -0.39 is 0 Å². The van der Waals surface area contributed by atoms with Crippen LogP contribution in [0.25, 0.3) is 0 Å². The normalized spacial score (nSPS) is 26.4. The first kappa shape index (κ1) is 14.8. The van der Waals surface area contributed by atoms with Gasteiger partial charge in [0.1, 0.15) is 5.15 Å². The van der Waals surface area contributed by atoms with Crippen molar-refractivity contribution < 1.29 is 10.2 Å². The Morgan fingerprint density at radius 2 is 2.04 bits per heavy atom. The first-order chi connectivity index (χ1) is 11.1. The number of pyridine rings is 1. The van der Waals surface area contributed by atoms with E-state index in [1.54, 1.807) is 12.3 Å². The van der Waals surface area contributed by atoms with Crippen molar-refractivity contribution >= 4 is 11.6 Å². The second kappa shape index (κ2) is 5.69. The second-order valence-corrected chi connectivity index (χ2v) is 6.87. The topological polar surface area (TPSA) is 65.4 Å². The van der Waals surface area contributed by atoms with Crippen LogP contribution < -0.4 is 5.32 Å². The molecule has 23 heavy (non-hydrogen) atoms. The molecule has 2 heterocycles. The van der Waals surface area contributed by atoms with Gasteiger partial charge in [-0.05, 0) is 60.5 Å². The SMILES string of the molecule is Oc1ccc2c(c1O)CC(c1ccnc(Cl)c1)C1CCNCC21. The van der Waals surface area contributed by atoms with Gasteiger partial charge in [-0.3, -0.25) is 0 Å². The highest BCUT2D eigenvalue weighted by atomic mass is 35.5. The van der Waals surface area contributed by atoms with E-state index in [0.29, 0.717) is 17.0 Å². The van der Waals surface area contributed by atoms with E-state index in [9.17, 15) is 10.2 Å². The van der Waals surface area contributed by atoms with Crippen molar-refractivity contribution in [3.8, 4) is 11.5 Å². The van der Waals surface area contributed by atoms with Gasteiger partial charge < -0.3 is 15.5 Å². The molecule has 1 saturated heterocycles. The predicted octanol–water partition coefficient (Wildman–Crippen LogP) is 3.18. The van der Waals surface area contributed by atoms with Crippen LogP contribution in [0.5, 0.6) is 11.5 Å². The number of hydrogen-bond acceptors (Lipinski definition) is 4. The monoisotopic (exact) mass is 330 g/mol. The van der Waals surface area contributed by atoms with E-state index in [-0.39, 0.29) is 17.4 Å². The van der Waals surface area contributed by atoms with Crippen LogP contribution in [-0.2, 0) is 6.42 Å². The molecule has 4 rings (SSSR count). The van der Waals surface area contributed by atoms with Gasteiger partial charge in [-0.25, -0.2) is 4.98 Å². The summed E-state index contributed by atoms with van der Waals surface area (Å²) < 4.78 is 0. The van der Waals surface area contributed by atoms with Crippen molar-refractivity contribution in [1.29, 1.82) is 0 Å². The molecule has 0 radical (unpaired) electrons. The molecule has 3 atom stereocenters. The largest absolute Gasteiger partial charge is 0.504 e. The molecule has 2 aliphatic rings. The van der Waals surface area contributed by atoms with Crippen molar-refractivity contribution in [2.75, 3.05) is 13.1 Å². The summed E-state index contributed by atoms with van der Waals surface area (Å²) in [5, 5.41) is 24.2. The molecule has 0 bridgehead atoms. The van der Waals surface area contributed by atoms with E-state index in [1.165, 1.54) is 0 Å². The minimum Gasteiger partial charge on any atom is -0.504 e. The molecular formula is C18H19ClN2O2. The molecular weight excluding hydrogens is 312 g/mol. The van der Waals surface area contributed by atoms with Crippen molar-refractivity contribution in [3.63, 3.8) is 0 Å². The van der Waals surface area contributed by atoms with Gasteiger partial charge in [-0.15, -0.1) is 0 Å². The van der Waals surface area contributed by atoms with Gasteiger partial charge in [0.2, 0.25) is 0 Å². The first-order valence-corrected chi connectivity index (χ1v) is 8.39. The van der Waals surface area contributed by atoms with Crippen molar-refractivity contribution in [1.82, 2.24) is 10.3 Å². The highest BCUT2D eigenvalue weighted by molar-refractivity contribution is 6.29. The van der Waals surface area contributed by atoms with Crippen LogP contribution in [0.15, 0.2) is 30.5 Å². The highest BCUT2D eigenvalue weighted by Crippen LogP contribution is 2.50. The summed E-state index contributed by atoms with van der Waals surface area (Å²) in [5.74, 6) is 1.11. The Hall–Kier alpha value is -1.78. The molecule has 0 saturated carbocycles. The Morgan fingerprint density at radius 1 is 1.17 bits per heavy atom. The average Bonchev–Trinajstić information content (AvgIpc) is 2.57. The maximum Gasteiger partial charge on any atom is 0.160 e. The number of phenolic OH excluding ortho intramolecular Hbond substituents is 2. The molecule has 1 aliphatic carbocycles. The lowest BCUT2D eigenvalue weighted by Crippen LogP contribution is -2.41. The zero-order valence-electron chi connectivity index (χ0n) is 12.7. The Labute approximate surface area is 140 Å². The summed E-state index contributed by atoms with van der Waals surface area (Å²) in [6, 6.07) is 7.50. The number of nitrogens with zero attached hydrogens (tertiary/aromatic N) is 1. The van der Waals surface area contributed by atoms with E-state index in [1.807, 2.05) is 18.2 Å². The molecule has 1 aliphatic heterocycles. The molecule has 5 heteroatoms. The molecule has 3 N–H and O–H groups in total. The zero-order chi connectivity index (χ0) is 16.0. The maximum atomic E-state index is 10.3. The Kier molecular flexibility index (Phi) is 3.66. The number of hydrogen-bond donors (Lipinski definition) is 3. The summed E-state index contributed by atoms with van der Waals surface area (Å²) in [7, 11) is 0. The average molecular weight is 331 g/mol. The van der Waals surface area contributed by atoms with Gasteiger partial charge in [-0.2, -0.15) is 0 Å². The number of benzene rings is 1. The van der Waals surface area contributed by atoms with Gasteiger partial charge in [0, 0.05) is 24.2 Å². The third kappa shape index (κ3) is 2.46. The lowest BCUT2D eigenvalue weighted by molar-refractivity contribution is 0.253. The molecule has 120 valence electrons. The minimum absolute atomic E-state index is 0.0247. The van der Waals surface area contributed by atoms with Crippen molar-refractivity contribution in [3.05, 3.63) is 52.3 Å². The van der Waals surface area contributed by atoms with Crippen molar-refractivity contribution in [2.45, 2.75) is 24.7 Å². The molecule has 3 unspecified atom stereocenters. The molecule has 1 aromatic carbocycles. The van der Waals surface area contributed by atoms with Crippen LogP contribution in [0.3, 0.4) is 0 Å². The Balaban J connectivity index is 1.83. The zero-order valence-corrected chi connectivity index (χ0v) is 13.4. The second-order valence-electron chi connectivity index (χ2n) is 6.49. The number of fused-ring (bicyclic) bond motifs is 3. The van der Waals surface area contributed by atoms with Crippen LogP contribution in [0, 0.1) is 5.92 Å². The number of piperidine rings is 1. The summed E-state index contributed by atoms with van der Waals surface area (Å²) in [6.45, 7) is 1.91. The highest BCUT2D eigenvalue weighted by Gasteiger charge is 2.40. The molecule has 0 spiro atoms. The summed E-state index contributed by atoms with van der Waals surface area (Å²) >= 11 is 6.08. The maximum absolute atomic E-state index is 10.3. The van der Waals surface area contributed by atoms with Crippen LogP contribution in [0.2, 0.25) is 5.15 Å². The number of halogens is 1. The fraction of sp³-hybridized carbons (Fsp3) is 0.389. The number of aromatic hydroxyl groups is 2. The lowest BCUT2D eigenvalue weighted by Gasteiger charge is -2.43. The molecule has 4 nitrogen and oxygen atoms in total. The van der Waals surface area contributed by atoms with E-state index >= 15 is 0 Å². The fourth-order valence-corrected chi connectivity index (χ4v) is 4.47. The summed E-state index contributed by atoms with van der Waals surface area (Å²) in [6.07, 6.45) is 3.55. The first-order valence-electron chi connectivity index (χ1n) is 8.01. The number of rotatable bonds is 1. The number of nitrogens with one attached hydrogen (secondary N) is 1. The van der Waals surface area contributed by atoms with E-state index in [2.05, 4.69) is 10.3 Å². The third-order valence-corrected chi connectivity index (χ3v) is 5.56. The van der Waals surface area contributed by atoms with Crippen LogP contribution >= 0.6 is 11.6 Å².